The Kier molecular flexibility index (Phi) is 3.57. The van der Waals surface area contributed by atoms with E-state index in [-0.39, 0.29) is 24.1 Å². The molecule has 2 rings (SSSR count). The van der Waals surface area contributed by atoms with Gasteiger partial charge in [0.2, 0.25) is 5.76 Å². The first-order valence-electron chi connectivity index (χ1n) is 5.11. The maximum Gasteiger partial charge on any atom is 0.377 e. The molecule has 0 fully saturated rings. The summed E-state index contributed by atoms with van der Waals surface area (Å²) in [5, 5.41) is 3.53. The Morgan fingerprint density at radius 3 is 3.00 bits per heavy atom. The molecule has 0 bridgehead atoms. The highest BCUT2D eigenvalue weighted by atomic mass is 19.1. The van der Waals surface area contributed by atoms with Gasteiger partial charge in [-0.15, -0.1) is 0 Å². The molecule has 18 heavy (non-hydrogen) atoms. The van der Waals surface area contributed by atoms with Gasteiger partial charge in [0.25, 0.3) is 5.88 Å². The highest BCUT2D eigenvalue weighted by molar-refractivity contribution is 5.86. The first-order valence-corrected chi connectivity index (χ1v) is 5.11. The van der Waals surface area contributed by atoms with Crippen molar-refractivity contribution in [1.29, 1.82) is 0 Å². The minimum Gasteiger partial charge on any atom is -0.471 e. The second kappa shape index (κ2) is 5.31. The number of hydrogen-bond acceptors (Lipinski definition) is 5. The Balaban J connectivity index is 1.98. The summed E-state index contributed by atoms with van der Waals surface area (Å²) in [5.41, 5.74) is 0.651. The third kappa shape index (κ3) is 2.85. The van der Waals surface area contributed by atoms with Crippen LogP contribution in [-0.2, 0) is 11.3 Å². The number of ether oxygens (including phenoxy) is 2. The second-order valence-corrected chi connectivity index (χ2v) is 3.44. The summed E-state index contributed by atoms with van der Waals surface area (Å²) in [4.78, 5) is 11.1. The first kappa shape index (κ1) is 12.1. The Bertz CT molecular complexity index is 553. The molecule has 0 amide bonds. The zero-order valence-corrected chi connectivity index (χ0v) is 9.55. The van der Waals surface area contributed by atoms with Crippen molar-refractivity contribution in [3.05, 3.63) is 47.5 Å². The normalized spacial score (nSPS) is 10.1. The van der Waals surface area contributed by atoms with Gasteiger partial charge in [-0.05, 0) is 22.9 Å². The van der Waals surface area contributed by atoms with E-state index in [0.717, 1.165) is 0 Å². The van der Waals surface area contributed by atoms with E-state index in [1.807, 2.05) is 0 Å². The highest BCUT2D eigenvalue weighted by Gasteiger charge is 2.13. The number of halogens is 1. The molecule has 1 heterocycles. The summed E-state index contributed by atoms with van der Waals surface area (Å²) in [6.45, 7) is 0.130. The molecule has 0 aliphatic rings. The minimum atomic E-state index is -0.636. The van der Waals surface area contributed by atoms with Crippen molar-refractivity contribution in [2.75, 3.05) is 7.11 Å². The van der Waals surface area contributed by atoms with Crippen LogP contribution in [0.4, 0.5) is 4.39 Å². The van der Waals surface area contributed by atoms with Crippen LogP contribution in [0.15, 0.2) is 34.9 Å². The van der Waals surface area contributed by atoms with Crippen LogP contribution in [0.25, 0.3) is 0 Å². The summed E-state index contributed by atoms with van der Waals surface area (Å²) in [7, 11) is 1.23. The van der Waals surface area contributed by atoms with Crippen molar-refractivity contribution in [3.63, 3.8) is 0 Å². The summed E-state index contributed by atoms with van der Waals surface area (Å²) >= 11 is 0. The number of benzene rings is 1. The molecule has 5 nitrogen and oxygen atoms in total. The fourth-order valence-corrected chi connectivity index (χ4v) is 1.31. The lowest BCUT2D eigenvalue weighted by Crippen LogP contribution is -1.98. The van der Waals surface area contributed by atoms with Crippen molar-refractivity contribution in [1.82, 2.24) is 5.16 Å². The zero-order chi connectivity index (χ0) is 13.0. The lowest BCUT2D eigenvalue weighted by atomic mass is 10.2. The molecule has 6 heteroatoms. The van der Waals surface area contributed by atoms with Gasteiger partial charge < -0.3 is 14.0 Å². The SMILES string of the molecule is COC(=O)c1cc(OCc2cccc(F)c2)no1. The number of methoxy groups -OCH3 is 1. The van der Waals surface area contributed by atoms with E-state index >= 15 is 0 Å². The van der Waals surface area contributed by atoms with Crippen LogP contribution in [0.2, 0.25) is 0 Å². The molecule has 0 aliphatic heterocycles. The van der Waals surface area contributed by atoms with Crippen molar-refractivity contribution < 1.29 is 23.2 Å². The molecule has 1 aromatic carbocycles. The smallest absolute Gasteiger partial charge is 0.377 e. The standard InChI is InChI=1S/C12H10FNO4/c1-16-12(15)10-6-11(14-18-10)17-7-8-3-2-4-9(13)5-8/h2-6H,7H2,1H3. The number of hydrogen-bond donors (Lipinski definition) is 0. The average molecular weight is 251 g/mol. The molecule has 0 aliphatic carbocycles. The number of aromatic nitrogens is 1. The van der Waals surface area contributed by atoms with E-state index in [1.54, 1.807) is 12.1 Å². The summed E-state index contributed by atoms with van der Waals surface area (Å²) in [6, 6.07) is 7.29. The molecule has 94 valence electrons. The lowest BCUT2D eigenvalue weighted by molar-refractivity contribution is 0.0554. The summed E-state index contributed by atoms with van der Waals surface area (Å²) in [6.07, 6.45) is 0. The maximum atomic E-state index is 12.9. The predicted octanol–water partition coefficient (Wildman–Crippen LogP) is 2.18. The minimum absolute atomic E-state index is 0.0493. The Morgan fingerprint density at radius 2 is 2.28 bits per heavy atom. The van der Waals surface area contributed by atoms with Crippen LogP contribution in [0.1, 0.15) is 16.1 Å². The van der Waals surface area contributed by atoms with Gasteiger partial charge in [0.15, 0.2) is 0 Å². The Hall–Kier alpha value is -2.37. The number of esters is 1. The van der Waals surface area contributed by atoms with Crippen molar-refractivity contribution in [3.8, 4) is 5.88 Å². The zero-order valence-electron chi connectivity index (χ0n) is 9.55. The number of carbonyl (C=O) groups is 1. The molecule has 0 N–H and O–H groups in total. The van der Waals surface area contributed by atoms with E-state index in [4.69, 9.17) is 9.26 Å². The van der Waals surface area contributed by atoms with Crippen LogP contribution in [0, 0.1) is 5.82 Å². The molecule has 2 aromatic rings. The van der Waals surface area contributed by atoms with E-state index in [2.05, 4.69) is 9.89 Å². The number of carbonyl (C=O) groups excluding carboxylic acids is 1. The molecule has 0 saturated heterocycles. The Labute approximate surface area is 102 Å². The van der Waals surface area contributed by atoms with Gasteiger partial charge in [0.05, 0.1) is 13.2 Å². The largest absolute Gasteiger partial charge is 0.471 e. The highest BCUT2D eigenvalue weighted by Crippen LogP contribution is 2.14. The van der Waals surface area contributed by atoms with Gasteiger partial charge in [-0.25, -0.2) is 9.18 Å². The molecule has 0 atom stereocenters. The number of rotatable bonds is 4. The topological polar surface area (TPSA) is 61.6 Å². The quantitative estimate of drug-likeness (QED) is 0.779. The fraction of sp³-hybridized carbons (Fsp3) is 0.167. The van der Waals surface area contributed by atoms with Gasteiger partial charge in [-0.2, -0.15) is 0 Å². The maximum absolute atomic E-state index is 12.9. The van der Waals surface area contributed by atoms with Gasteiger partial charge in [0.1, 0.15) is 12.4 Å². The molecule has 0 saturated carbocycles. The van der Waals surface area contributed by atoms with Gasteiger partial charge >= 0.3 is 5.97 Å². The molecular formula is C12H10FNO4. The van der Waals surface area contributed by atoms with E-state index in [0.29, 0.717) is 5.56 Å². The Morgan fingerprint density at radius 1 is 1.44 bits per heavy atom. The number of nitrogens with zero attached hydrogens (tertiary/aromatic N) is 1. The van der Waals surface area contributed by atoms with Crippen LogP contribution in [-0.4, -0.2) is 18.2 Å². The van der Waals surface area contributed by atoms with Gasteiger partial charge in [-0.1, -0.05) is 12.1 Å². The van der Waals surface area contributed by atoms with Crippen LogP contribution >= 0.6 is 0 Å². The molecular weight excluding hydrogens is 241 g/mol. The second-order valence-electron chi connectivity index (χ2n) is 3.44. The van der Waals surface area contributed by atoms with E-state index in [1.165, 1.54) is 25.3 Å². The van der Waals surface area contributed by atoms with Crippen molar-refractivity contribution >= 4 is 5.97 Å². The van der Waals surface area contributed by atoms with E-state index in [9.17, 15) is 9.18 Å². The van der Waals surface area contributed by atoms with Gasteiger partial charge in [-0.3, -0.25) is 0 Å². The van der Waals surface area contributed by atoms with Gasteiger partial charge in [0, 0.05) is 0 Å². The lowest BCUT2D eigenvalue weighted by Gasteiger charge is -2.01. The van der Waals surface area contributed by atoms with Crippen LogP contribution in [0.3, 0.4) is 0 Å². The fourth-order valence-electron chi connectivity index (χ4n) is 1.31. The summed E-state index contributed by atoms with van der Waals surface area (Å²) in [5.74, 6) is -0.888. The van der Waals surface area contributed by atoms with Crippen molar-refractivity contribution in [2.45, 2.75) is 6.61 Å². The molecule has 0 spiro atoms. The molecule has 0 radical (unpaired) electrons. The monoisotopic (exact) mass is 251 g/mol. The first-order chi connectivity index (χ1) is 8.69. The average Bonchev–Trinajstić information content (AvgIpc) is 2.84. The molecule has 0 unspecified atom stereocenters. The molecule has 1 aromatic heterocycles. The predicted molar refractivity (Wildman–Crippen MR) is 58.6 cm³/mol. The third-order valence-corrected chi connectivity index (χ3v) is 2.15. The third-order valence-electron chi connectivity index (χ3n) is 2.15. The van der Waals surface area contributed by atoms with E-state index < -0.39 is 5.97 Å². The van der Waals surface area contributed by atoms with Crippen molar-refractivity contribution in [2.24, 2.45) is 0 Å². The van der Waals surface area contributed by atoms with Crippen LogP contribution in [0.5, 0.6) is 5.88 Å². The van der Waals surface area contributed by atoms with Crippen LogP contribution < -0.4 is 4.74 Å². The summed E-state index contributed by atoms with van der Waals surface area (Å²) < 4.78 is 27.3.